The van der Waals surface area contributed by atoms with Gasteiger partial charge >= 0.3 is 0 Å². The molecule has 104 valence electrons. The average molecular weight is 346 g/mol. The number of rotatable bonds is 2. The third kappa shape index (κ3) is 3.36. The number of amides is 1. The van der Waals surface area contributed by atoms with Gasteiger partial charge in [0.1, 0.15) is 0 Å². The van der Waals surface area contributed by atoms with Crippen LogP contribution in [0.15, 0.2) is 16.6 Å². The van der Waals surface area contributed by atoms with Crippen LogP contribution in [0, 0.1) is 13.8 Å². The Bertz CT molecular complexity index is 625. The summed E-state index contributed by atoms with van der Waals surface area (Å²) in [5, 5.41) is 2.80. The Labute approximate surface area is 121 Å². The van der Waals surface area contributed by atoms with Crippen molar-refractivity contribution >= 4 is 31.7 Å². The van der Waals surface area contributed by atoms with Crippen molar-refractivity contribution in [2.75, 3.05) is 11.5 Å². The third-order valence-electron chi connectivity index (χ3n) is 3.21. The number of hydrogen-bond acceptors (Lipinski definition) is 3. The predicted molar refractivity (Wildman–Crippen MR) is 78.1 cm³/mol. The van der Waals surface area contributed by atoms with E-state index in [0.29, 0.717) is 12.0 Å². The largest absolute Gasteiger partial charge is 0.348 e. The fraction of sp³-hybridized carbons (Fsp3) is 0.462. The Morgan fingerprint density at radius 2 is 2.05 bits per heavy atom. The minimum atomic E-state index is -2.98. The monoisotopic (exact) mass is 345 g/mol. The maximum Gasteiger partial charge on any atom is 0.252 e. The molecule has 0 bridgehead atoms. The molecule has 0 aliphatic carbocycles. The highest BCUT2D eigenvalue weighted by Gasteiger charge is 2.29. The van der Waals surface area contributed by atoms with Crippen molar-refractivity contribution in [3.8, 4) is 0 Å². The highest BCUT2D eigenvalue weighted by Crippen LogP contribution is 2.23. The van der Waals surface area contributed by atoms with Crippen molar-refractivity contribution < 1.29 is 13.2 Å². The van der Waals surface area contributed by atoms with E-state index >= 15 is 0 Å². The van der Waals surface area contributed by atoms with E-state index in [1.54, 1.807) is 6.07 Å². The fourth-order valence-electron chi connectivity index (χ4n) is 2.29. The number of aryl methyl sites for hydroxylation is 2. The molecule has 1 fully saturated rings. The second-order valence-corrected chi connectivity index (χ2v) is 8.04. The summed E-state index contributed by atoms with van der Waals surface area (Å²) < 4.78 is 23.5. The molecule has 1 saturated heterocycles. The van der Waals surface area contributed by atoms with E-state index in [-0.39, 0.29) is 23.5 Å². The minimum Gasteiger partial charge on any atom is -0.348 e. The number of benzene rings is 1. The first-order chi connectivity index (χ1) is 8.78. The highest BCUT2D eigenvalue weighted by atomic mass is 79.9. The summed E-state index contributed by atoms with van der Waals surface area (Å²) in [4.78, 5) is 12.2. The van der Waals surface area contributed by atoms with Crippen LogP contribution in [0.3, 0.4) is 0 Å². The highest BCUT2D eigenvalue weighted by molar-refractivity contribution is 9.10. The van der Waals surface area contributed by atoms with E-state index < -0.39 is 9.84 Å². The van der Waals surface area contributed by atoms with Gasteiger partial charge in [-0.1, -0.05) is 6.07 Å². The number of carbonyl (C=O) groups is 1. The van der Waals surface area contributed by atoms with Crippen LogP contribution in [0.4, 0.5) is 0 Å². The molecule has 0 aromatic heterocycles. The molecule has 1 N–H and O–H groups in total. The molecule has 6 heteroatoms. The third-order valence-corrected chi connectivity index (χ3v) is 6.03. The molecule has 1 aromatic carbocycles. The Morgan fingerprint density at radius 3 is 2.63 bits per heavy atom. The lowest BCUT2D eigenvalue weighted by atomic mass is 10.1. The molecule has 0 radical (unpaired) electrons. The number of halogens is 1. The molecule has 1 aromatic rings. The van der Waals surface area contributed by atoms with Gasteiger partial charge in [-0.3, -0.25) is 4.79 Å². The molecule has 0 unspecified atom stereocenters. The second kappa shape index (κ2) is 5.25. The number of sulfone groups is 1. The van der Waals surface area contributed by atoms with Gasteiger partial charge < -0.3 is 5.32 Å². The van der Waals surface area contributed by atoms with Crippen molar-refractivity contribution in [1.82, 2.24) is 5.32 Å². The summed E-state index contributed by atoms with van der Waals surface area (Å²) in [6, 6.07) is 3.52. The molecule has 0 spiro atoms. The molecular weight excluding hydrogens is 330 g/mol. The average Bonchev–Trinajstić information content (AvgIpc) is 2.63. The van der Waals surface area contributed by atoms with Crippen molar-refractivity contribution in [3.63, 3.8) is 0 Å². The van der Waals surface area contributed by atoms with E-state index in [0.717, 1.165) is 15.6 Å². The van der Waals surface area contributed by atoms with Crippen molar-refractivity contribution in [2.24, 2.45) is 0 Å². The summed E-state index contributed by atoms with van der Waals surface area (Å²) in [6.45, 7) is 3.85. The Morgan fingerprint density at radius 1 is 1.37 bits per heavy atom. The maximum absolute atomic E-state index is 12.2. The smallest absolute Gasteiger partial charge is 0.252 e. The van der Waals surface area contributed by atoms with Crippen LogP contribution in [0.25, 0.3) is 0 Å². The molecular formula is C13H16BrNO3S. The first-order valence-corrected chi connectivity index (χ1v) is 8.68. The SMILES string of the molecule is Cc1cc(C)c(Br)c(C(=O)N[C@@H]2CCS(=O)(=O)C2)c1. The number of nitrogens with one attached hydrogen (secondary N) is 1. The fourth-order valence-corrected chi connectivity index (χ4v) is 4.37. The summed E-state index contributed by atoms with van der Waals surface area (Å²) in [5.41, 5.74) is 2.55. The molecule has 4 nitrogen and oxygen atoms in total. The molecule has 19 heavy (non-hydrogen) atoms. The van der Waals surface area contributed by atoms with Crippen molar-refractivity contribution in [3.05, 3.63) is 33.3 Å². The van der Waals surface area contributed by atoms with Gasteiger partial charge in [0, 0.05) is 10.5 Å². The molecule has 1 aliphatic rings. The first kappa shape index (κ1) is 14.5. The van der Waals surface area contributed by atoms with E-state index in [2.05, 4.69) is 21.2 Å². The van der Waals surface area contributed by atoms with Gasteiger partial charge in [-0.15, -0.1) is 0 Å². The lowest BCUT2D eigenvalue weighted by Crippen LogP contribution is -2.35. The lowest BCUT2D eigenvalue weighted by molar-refractivity contribution is 0.0940. The first-order valence-electron chi connectivity index (χ1n) is 6.06. The summed E-state index contributed by atoms with van der Waals surface area (Å²) >= 11 is 3.41. The van der Waals surface area contributed by atoms with Gasteiger partial charge in [0.15, 0.2) is 9.84 Å². The van der Waals surface area contributed by atoms with Crippen LogP contribution in [0.1, 0.15) is 27.9 Å². The van der Waals surface area contributed by atoms with Crippen LogP contribution >= 0.6 is 15.9 Å². The molecule has 0 saturated carbocycles. The van der Waals surface area contributed by atoms with Crippen LogP contribution in [0.2, 0.25) is 0 Å². The summed E-state index contributed by atoms with van der Waals surface area (Å²) in [6.07, 6.45) is 0.497. The number of carbonyl (C=O) groups excluding carboxylic acids is 1. The molecule has 2 rings (SSSR count). The molecule has 1 atom stereocenters. The minimum absolute atomic E-state index is 0.0428. The lowest BCUT2D eigenvalue weighted by Gasteiger charge is -2.13. The van der Waals surface area contributed by atoms with Gasteiger partial charge in [-0.2, -0.15) is 0 Å². The standard InChI is InChI=1S/C13H16BrNO3S/c1-8-5-9(2)12(14)11(6-8)13(16)15-10-3-4-19(17,18)7-10/h5-6,10H,3-4,7H2,1-2H3,(H,15,16)/t10-/m1/s1. The zero-order valence-electron chi connectivity index (χ0n) is 10.9. The normalized spacial score (nSPS) is 21.3. The quantitative estimate of drug-likeness (QED) is 0.891. The van der Waals surface area contributed by atoms with Crippen LogP contribution < -0.4 is 5.32 Å². The van der Waals surface area contributed by atoms with Crippen LogP contribution in [0.5, 0.6) is 0 Å². The molecule has 1 heterocycles. The van der Waals surface area contributed by atoms with E-state index in [4.69, 9.17) is 0 Å². The summed E-state index contributed by atoms with van der Waals surface area (Å²) in [7, 11) is -2.98. The van der Waals surface area contributed by atoms with Gasteiger partial charge in [0.2, 0.25) is 0 Å². The predicted octanol–water partition coefficient (Wildman–Crippen LogP) is 1.98. The number of hydrogen-bond donors (Lipinski definition) is 1. The van der Waals surface area contributed by atoms with Crippen molar-refractivity contribution in [1.29, 1.82) is 0 Å². The molecule has 1 aliphatic heterocycles. The Balaban J connectivity index is 2.17. The van der Waals surface area contributed by atoms with Crippen LogP contribution in [-0.4, -0.2) is 31.9 Å². The second-order valence-electron chi connectivity index (χ2n) is 5.02. The van der Waals surface area contributed by atoms with E-state index in [9.17, 15) is 13.2 Å². The van der Waals surface area contributed by atoms with Gasteiger partial charge in [-0.25, -0.2) is 8.42 Å². The van der Waals surface area contributed by atoms with Gasteiger partial charge in [0.05, 0.1) is 17.1 Å². The Kier molecular flexibility index (Phi) is 4.01. The maximum atomic E-state index is 12.2. The molecule has 1 amide bonds. The zero-order chi connectivity index (χ0) is 14.2. The van der Waals surface area contributed by atoms with E-state index in [1.807, 2.05) is 19.9 Å². The van der Waals surface area contributed by atoms with Crippen molar-refractivity contribution in [2.45, 2.75) is 26.3 Å². The summed E-state index contributed by atoms with van der Waals surface area (Å²) in [5.74, 6) is -0.0200. The topological polar surface area (TPSA) is 63.2 Å². The zero-order valence-corrected chi connectivity index (χ0v) is 13.3. The van der Waals surface area contributed by atoms with Gasteiger partial charge in [0.25, 0.3) is 5.91 Å². The van der Waals surface area contributed by atoms with Crippen LogP contribution in [-0.2, 0) is 9.84 Å². The van der Waals surface area contributed by atoms with E-state index in [1.165, 1.54) is 0 Å². The Hall–Kier alpha value is -0.880. The van der Waals surface area contributed by atoms with Gasteiger partial charge in [-0.05, 0) is 53.4 Å².